The van der Waals surface area contributed by atoms with Gasteiger partial charge in [-0.1, -0.05) is 6.07 Å². The van der Waals surface area contributed by atoms with Crippen molar-refractivity contribution in [3.63, 3.8) is 0 Å². The van der Waals surface area contributed by atoms with E-state index in [0.717, 1.165) is 0 Å². The minimum absolute atomic E-state index is 0.108. The molecule has 5 N–H and O–H groups in total. The topological polar surface area (TPSA) is 148 Å². The van der Waals surface area contributed by atoms with Gasteiger partial charge in [0.15, 0.2) is 0 Å². The summed E-state index contributed by atoms with van der Waals surface area (Å²) in [6, 6.07) is 7.87. The summed E-state index contributed by atoms with van der Waals surface area (Å²) in [5.74, 6) is 0.853. The summed E-state index contributed by atoms with van der Waals surface area (Å²) < 4.78 is 5.58. The molecule has 1 aromatic carbocycles. The molecule has 1 fully saturated rings. The summed E-state index contributed by atoms with van der Waals surface area (Å²) in [4.78, 5) is 52.5. The smallest absolute Gasteiger partial charge is 0.327 e. The number of carbonyl (C=O) groups excluding carboxylic acids is 2. The predicted molar refractivity (Wildman–Crippen MR) is 111 cm³/mol. The second-order valence-corrected chi connectivity index (χ2v) is 6.86. The van der Waals surface area contributed by atoms with E-state index in [1.54, 1.807) is 24.3 Å². The van der Waals surface area contributed by atoms with Crippen LogP contribution in [0.4, 0.5) is 16.3 Å². The van der Waals surface area contributed by atoms with Crippen molar-refractivity contribution in [3.05, 3.63) is 51.2 Å². The Hall–Kier alpha value is -3.76. The molecular formula is C19H24N6O5. The molecule has 0 bridgehead atoms. The lowest BCUT2D eigenvalue weighted by Crippen LogP contribution is -2.44. The highest BCUT2D eigenvalue weighted by Gasteiger charge is 2.24. The molecule has 30 heavy (non-hydrogen) atoms. The molecule has 1 saturated heterocycles. The molecular weight excluding hydrogens is 392 g/mol. The highest BCUT2D eigenvalue weighted by molar-refractivity contribution is 5.88. The first-order valence-electron chi connectivity index (χ1n) is 9.52. The summed E-state index contributed by atoms with van der Waals surface area (Å²) in [6.07, 6.45) is 0.689. The van der Waals surface area contributed by atoms with E-state index in [9.17, 15) is 19.2 Å². The summed E-state index contributed by atoms with van der Waals surface area (Å²) in [5, 5.41) is 8.26. The number of urea groups is 1. The van der Waals surface area contributed by atoms with Crippen LogP contribution < -0.4 is 36.8 Å². The summed E-state index contributed by atoms with van der Waals surface area (Å²) in [7, 11) is 0. The predicted octanol–water partition coefficient (Wildman–Crippen LogP) is -0.0215. The number of carbonyl (C=O) groups is 2. The van der Waals surface area contributed by atoms with Gasteiger partial charge in [-0.05, 0) is 18.6 Å². The summed E-state index contributed by atoms with van der Waals surface area (Å²) in [6.45, 7) is 3.09. The highest BCUT2D eigenvalue weighted by Crippen LogP contribution is 2.17. The number of aromatic amines is 2. The van der Waals surface area contributed by atoms with Gasteiger partial charge in [-0.3, -0.25) is 19.6 Å². The third kappa shape index (κ3) is 6.12. The molecule has 0 spiro atoms. The van der Waals surface area contributed by atoms with E-state index in [0.29, 0.717) is 43.3 Å². The van der Waals surface area contributed by atoms with Gasteiger partial charge in [0.25, 0.3) is 5.56 Å². The molecule has 0 aliphatic carbocycles. The lowest BCUT2D eigenvalue weighted by atomic mass is 10.3. The molecule has 1 aliphatic heterocycles. The Morgan fingerprint density at radius 1 is 1.23 bits per heavy atom. The van der Waals surface area contributed by atoms with Crippen molar-refractivity contribution in [2.24, 2.45) is 0 Å². The van der Waals surface area contributed by atoms with Gasteiger partial charge in [-0.25, -0.2) is 9.59 Å². The molecule has 0 saturated carbocycles. The summed E-state index contributed by atoms with van der Waals surface area (Å²) >= 11 is 0. The minimum atomic E-state index is -0.561. The van der Waals surface area contributed by atoms with Gasteiger partial charge in [0.05, 0.1) is 6.54 Å². The van der Waals surface area contributed by atoms with Crippen molar-refractivity contribution in [3.8, 4) is 5.75 Å². The van der Waals surface area contributed by atoms with Crippen LogP contribution in [0.5, 0.6) is 5.75 Å². The molecule has 1 atom stereocenters. The molecule has 0 radical (unpaired) electrons. The average Bonchev–Trinajstić information content (AvgIpc) is 3.13. The Labute approximate surface area is 171 Å². The van der Waals surface area contributed by atoms with Gasteiger partial charge in [0.2, 0.25) is 5.91 Å². The van der Waals surface area contributed by atoms with Gasteiger partial charge < -0.3 is 25.6 Å². The van der Waals surface area contributed by atoms with Crippen molar-refractivity contribution in [2.45, 2.75) is 19.4 Å². The van der Waals surface area contributed by atoms with E-state index in [1.165, 1.54) is 13.0 Å². The highest BCUT2D eigenvalue weighted by atomic mass is 16.5. The maximum atomic E-state index is 12.1. The quantitative estimate of drug-likeness (QED) is 0.401. The number of rotatable bonds is 7. The molecule has 11 nitrogen and oxygen atoms in total. The van der Waals surface area contributed by atoms with Crippen LogP contribution in [0, 0.1) is 0 Å². The van der Waals surface area contributed by atoms with Crippen LogP contribution in [0.25, 0.3) is 0 Å². The first-order valence-corrected chi connectivity index (χ1v) is 9.52. The van der Waals surface area contributed by atoms with Crippen LogP contribution in [0.1, 0.15) is 13.3 Å². The van der Waals surface area contributed by atoms with Gasteiger partial charge in [0.1, 0.15) is 18.2 Å². The van der Waals surface area contributed by atoms with Crippen molar-refractivity contribution >= 4 is 23.4 Å². The third-order valence-corrected chi connectivity index (χ3v) is 4.42. The summed E-state index contributed by atoms with van der Waals surface area (Å²) in [5.41, 5.74) is -0.391. The second-order valence-electron chi connectivity index (χ2n) is 6.86. The molecule has 1 aliphatic rings. The van der Waals surface area contributed by atoms with Crippen LogP contribution in [-0.2, 0) is 4.79 Å². The molecule has 160 valence electrons. The van der Waals surface area contributed by atoms with Crippen molar-refractivity contribution in [1.82, 2.24) is 20.6 Å². The third-order valence-electron chi connectivity index (χ3n) is 4.42. The maximum Gasteiger partial charge on any atom is 0.327 e. The van der Waals surface area contributed by atoms with E-state index in [-0.39, 0.29) is 24.6 Å². The SMILES string of the molecule is CC(=O)Nc1cccc(OCCNC(=O)N[C@@H]2CCN(c3cc(=O)[nH]c(=O)[nH]3)C2)c1. The van der Waals surface area contributed by atoms with Gasteiger partial charge in [-0.15, -0.1) is 0 Å². The molecule has 3 rings (SSSR count). The zero-order valence-electron chi connectivity index (χ0n) is 16.5. The number of nitrogens with zero attached hydrogens (tertiary/aromatic N) is 1. The number of H-pyrrole nitrogens is 2. The molecule has 11 heteroatoms. The first kappa shape index (κ1) is 21.0. The number of nitrogens with one attached hydrogen (secondary N) is 5. The van der Waals surface area contributed by atoms with Gasteiger partial charge in [-0.2, -0.15) is 0 Å². The Bertz CT molecular complexity index is 988. The van der Waals surface area contributed by atoms with Crippen LogP contribution >= 0.6 is 0 Å². The second kappa shape index (κ2) is 9.63. The lowest BCUT2D eigenvalue weighted by molar-refractivity contribution is -0.114. The van der Waals surface area contributed by atoms with Crippen molar-refractivity contribution < 1.29 is 14.3 Å². The van der Waals surface area contributed by atoms with Crippen LogP contribution in [0.15, 0.2) is 39.9 Å². The molecule has 1 aromatic heterocycles. The fourth-order valence-corrected chi connectivity index (χ4v) is 3.16. The zero-order valence-corrected chi connectivity index (χ0v) is 16.5. The van der Waals surface area contributed by atoms with Crippen LogP contribution in [0.2, 0.25) is 0 Å². The lowest BCUT2D eigenvalue weighted by Gasteiger charge is -2.18. The number of amides is 3. The number of benzene rings is 1. The van der Waals surface area contributed by atoms with E-state index >= 15 is 0 Å². The van der Waals surface area contributed by atoms with Crippen molar-refractivity contribution in [2.75, 3.05) is 36.5 Å². The average molecular weight is 416 g/mol. The maximum absolute atomic E-state index is 12.1. The monoisotopic (exact) mass is 416 g/mol. The number of hydrogen-bond acceptors (Lipinski definition) is 6. The first-order chi connectivity index (χ1) is 14.4. The number of aromatic nitrogens is 2. The number of hydrogen-bond donors (Lipinski definition) is 5. The Balaban J connectivity index is 1.39. The van der Waals surface area contributed by atoms with E-state index in [4.69, 9.17) is 4.74 Å². The molecule has 3 amide bonds. The fraction of sp³-hybridized carbons (Fsp3) is 0.368. The Morgan fingerprint density at radius 3 is 2.83 bits per heavy atom. The Morgan fingerprint density at radius 2 is 2.07 bits per heavy atom. The standard InChI is InChI=1S/C19H24N6O5/c1-12(26)21-13-3-2-4-15(9-13)30-8-6-20-18(28)22-14-5-7-25(11-14)16-10-17(27)24-19(29)23-16/h2-4,9-10,14H,5-8,11H2,1H3,(H,21,26)(H2,20,22,28)(H2,23,24,27,29)/t14-/m1/s1. The minimum Gasteiger partial charge on any atom is -0.492 e. The number of ether oxygens (including phenoxy) is 1. The Kier molecular flexibility index (Phi) is 6.73. The van der Waals surface area contributed by atoms with Gasteiger partial charge >= 0.3 is 11.7 Å². The van der Waals surface area contributed by atoms with E-state index in [1.807, 2.05) is 4.90 Å². The molecule has 2 heterocycles. The van der Waals surface area contributed by atoms with E-state index < -0.39 is 11.2 Å². The van der Waals surface area contributed by atoms with Crippen LogP contribution in [-0.4, -0.2) is 54.2 Å². The number of anilines is 2. The molecule has 0 unspecified atom stereocenters. The fourth-order valence-electron chi connectivity index (χ4n) is 3.16. The normalized spacial score (nSPS) is 15.5. The zero-order chi connectivity index (χ0) is 21.5. The van der Waals surface area contributed by atoms with E-state index in [2.05, 4.69) is 25.9 Å². The van der Waals surface area contributed by atoms with Crippen LogP contribution in [0.3, 0.4) is 0 Å². The van der Waals surface area contributed by atoms with Crippen molar-refractivity contribution in [1.29, 1.82) is 0 Å². The largest absolute Gasteiger partial charge is 0.492 e. The molecule has 2 aromatic rings. The van der Waals surface area contributed by atoms with Gasteiger partial charge in [0, 0.05) is 43.9 Å².